The van der Waals surface area contributed by atoms with Gasteiger partial charge >= 0.3 is 0 Å². The number of ether oxygens (including phenoxy) is 1. The number of halogens is 1. The first-order chi connectivity index (χ1) is 13.4. The topological polar surface area (TPSA) is 86.7 Å². The zero-order valence-electron chi connectivity index (χ0n) is 15.3. The number of carbonyl (C=O) groups excluding carboxylic acids is 1. The zero-order chi connectivity index (χ0) is 20.3. The maximum atomic E-state index is 12.7. The standard InChI is InChI=1S/C19H18ClN3O4S/c1-3-27-9-8-22-15-7-6-14(20)11-17(15)28-19(22)21-18(24)13-5-4-12(2)16(10-13)23(25)26/h4-7,10-11H,3,8-9H2,1-2H3. The van der Waals surface area contributed by atoms with Crippen molar-refractivity contribution < 1.29 is 14.5 Å². The van der Waals surface area contributed by atoms with E-state index in [0.29, 0.717) is 35.1 Å². The van der Waals surface area contributed by atoms with E-state index in [-0.39, 0.29) is 11.3 Å². The molecule has 0 atom stereocenters. The van der Waals surface area contributed by atoms with Crippen molar-refractivity contribution >= 4 is 44.7 Å². The van der Waals surface area contributed by atoms with Gasteiger partial charge in [0.05, 0.1) is 21.7 Å². The molecule has 0 saturated heterocycles. The fraction of sp³-hybridized carbons (Fsp3) is 0.263. The van der Waals surface area contributed by atoms with E-state index < -0.39 is 10.8 Å². The van der Waals surface area contributed by atoms with Gasteiger partial charge in [-0.15, -0.1) is 0 Å². The average Bonchev–Trinajstić information content (AvgIpc) is 2.98. The Morgan fingerprint density at radius 2 is 2.11 bits per heavy atom. The molecule has 0 N–H and O–H groups in total. The van der Waals surface area contributed by atoms with Crippen LogP contribution in [0.3, 0.4) is 0 Å². The second-order valence-electron chi connectivity index (χ2n) is 6.02. The highest BCUT2D eigenvalue weighted by atomic mass is 35.5. The number of hydrogen-bond acceptors (Lipinski definition) is 5. The Morgan fingerprint density at radius 3 is 2.82 bits per heavy atom. The number of nitrogens with zero attached hydrogens (tertiary/aromatic N) is 3. The summed E-state index contributed by atoms with van der Waals surface area (Å²) in [6.45, 7) is 5.13. The van der Waals surface area contributed by atoms with E-state index in [9.17, 15) is 14.9 Å². The molecule has 9 heteroatoms. The molecule has 0 aliphatic heterocycles. The van der Waals surface area contributed by atoms with Crippen molar-refractivity contribution in [2.24, 2.45) is 4.99 Å². The maximum absolute atomic E-state index is 12.7. The molecule has 0 aliphatic carbocycles. The number of aryl methyl sites for hydroxylation is 1. The minimum absolute atomic E-state index is 0.103. The summed E-state index contributed by atoms with van der Waals surface area (Å²) in [4.78, 5) is 28.0. The maximum Gasteiger partial charge on any atom is 0.279 e. The molecule has 0 aliphatic rings. The van der Waals surface area contributed by atoms with Crippen molar-refractivity contribution in [3.8, 4) is 0 Å². The summed E-state index contributed by atoms with van der Waals surface area (Å²) in [5.74, 6) is -0.536. The lowest BCUT2D eigenvalue weighted by Gasteiger charge is -2.05. The molecule has 7 nitrogen and oxygen atoms in total. The molecule has 0 fully saturated rings. The number of hydrogen-bond donors (Lipinski definition) is 0. The Hall–Kier alpha value is -2.55. The molecule has 0 bridgehead atoms. The highest BCUT2D eigenvalue weighted by Crippen LogP contribution is 2.23. The monoisotopic (exact) mass is 419 g/mol. The van der Waals surface area contributed by atoms with Crippen LogP contribution < -0.4 is 4.80 Å². The number of fused-ring (bicyclic) bond motifs is 1. The first-order valence-electron chi connectivity index (χ1n) is 8.61. The molecule has 146 valence electrons. The van der Waals surface area contributed by atoms with Crippen molar-refractivity contribution in [3.05, 3.63) is 67.5 Å². The van der Waals surface area contributed by atoms with Gasteiger partial charge in [-0.1, -0.05) is 29.0 Å². The van der Waals surface area contributed by atoms with Crippen molar-refractivity contribution in [1.82, 2.24) is 4.57 Å². The first kappa shape index (κ1) is 20.2. The number of nitro benzene ring substituents is 1. The Bertz CT molecular complexity index is 1120. The van der Waals surface area contributed by atoms with E-state index in [1.54, 1.807) is 25.1 Å². The minimum Gasteiger partial charge on any atom is -0.380 e. The Kier molecular flexibility index (Phi) is 6.23. The van der Waals surface area contributed by atoms with Gasteiger partial charge in [0.15, 0.2) is 4.80 Å². The number of thiazole rings is 1. The number of carbonyl (C=O) groups is 1. The highest BCUT2D eigenvalue weighted by Gasteiger charge is 2.15. The minimum atomic E-state index is -0.536. The van der Waals surface area contributed by atoms with Crippen LogP contribution in [0.5, 0.6) is 0 Å². The second kappa shape index (κ2) is 8.64. The van der Waals surface area contributed by atoms with Crippen LogP contribution in [0.25, 0.3) is 10.2 Å². The summed E-state index contributed by atoms with van der Waals surface area (Å²) in [5.41, 5.74) is 1.46. The summed E-state index contributed by atoms with van der Waals surface area (Å²) in [6.07, 6.45) is 0. The number of amides is 1. The predicted octanol–water partition coefficient (Wildman–Crippen LogP) is 4.35. The molecule has 0 saturated carbocycles. The van der Waals surface area contributed by atoms with Crippen LogP contribution in [0.15, 0.2) is 41.4 Å². The van der Waals surface area contributed by atoms with E-state index in [4.69, 9.17) is 16.3 Å². The van der Waals surface area contributed by atoms with E-state index >= 15 is 0 Å². The third-order valence-corrected chi connectivity index (χ3v) is 5.43. The van der Waals surface area contributed by atoms with Crippen LogP contribution in [0.2, 0.25) is 5.02 Å². The molecule has 3 rings (SSSR count). The molecule has 2 aromatic carbocycles. The number of aromatic nitrogens is 1. The van der Waals surface area contributed by atoms with Crippen molar-refractivity contribution in [1.29, 1.82) is 0 Å². The molecule has 1 aromatic heterocycles. The van der Waals surface area contributed by atoms with Crippen LogP contribution in [0, 0.1) is 17.0 Å². The molecular weight excluding hydrogens is 402 g/mol. The molecular formula is C19H18ClN3O4S. The lowest BCUT2D eigenvalue weighted by molar-refractivity contribution is -0.385. The van der Waals surface area contributed by atoms with Gasteiger partial charge in [-0.3, -0.25) is 14.9 Å². The number of rotatable bonds is 6. The van der Waals surface area contributed by atoms with Gasteiger partial charge in [-0.25, -0.2) is 0 Å². The number of benzene rings is 2. The molecule has 28 heavy (non-hydrogen) atoms. The van der Waals surface area contributed by atoms with Crippen LogP contribution in [0.4, 0.5) is 5.69 Å². The van der Waals surface area contributed by atoms with Gasteiger partial charge in [-0.2, -0.15) is 4.99 Å². The lowest BCUT2D eigenvalue weighted by atomic mass is 10.1. The van der Waals surface area contributed by atoms with E-state index in [1.165, 1.54) is 17.4 Å². The molecule has 1 amide bonds. The summed E-state index contributed by atoms with van der Waals surface area (Å²) in [7, 11) is 0. The van der Waals surface area contributed by atoms with Gasteiger partial charge in [0, 0.05) is 35.4 Å². The lowest BCUT2D eigenvalue weighted by Crippen LogP contribution is -2.19. The summed E-state index contributed by atoms with van der Waals surface area (Å²) < 4.78 is 8.22. The Morgan fingerprint density at radius 1 is 1.32 bits per heavy atom. The van der Waals surface area contributed by atoms with Gasteiger partial charge in [0.25, 0.3) is 11.6 Å². The van der Waals surface area contributed by atoms with E-state index in [0.717, 1.165) is 10.2 Å². The van der Waals surface area contributed by atoms with Crippen LogP contribution in [-0.2, 0) is 11.3 Å². The second-order valence-corrected chi connectivity index (χ2v) is 7.47. The fourth-order valence-electron chi connectivity index (χ4n) is 2.74. The summed E-state index contributed by atoms with van der Waals surface area (Å²) >= 11 is 7.42. The van der Waals surface area contributed by atoms with E-state index in [1.807, 2.05) is 23.6 Å². The van der Waals surface area contributed by atoms with Crippen LogP contribution >= 0.6 is 22.9 Å². The average molecular weight is 420 g/mol. The predicted molar refractivity (Wildman–Crippen MR) is 109 cm³/mol. The van der Waals surface area contributed by atoms with Gasteiger partial charge in [-0.05, 0) is 38.1 Å². The fourth-order valence-corrected chi connectivity index (χ4v) is 4.07. The molecule has 1 heterocycles. The molecule has 0 spiro atoms. The Balaban J connectivity index is 2.07. The number of nitro groups is 1. The normalized spacial score (nSPS) is 11.9. The van der Waals surface area contributed by atoms with Crippen molar-refractivity contribution in [2.45, 2.75) is 20.4 Å². The third kappa shape index (κ3) is 4.30. The first-order valence-corrected chi connectivity index (χ1v) is 9.81. The summed E-state index contributed by atoms with van der Waals surface area (Å²) in [5, 5.41) is 11.7. The highest BCUT2D eigenvalue weighted by molar-refractivity contribution is 7.16. The van der Waals surface area contributed by atoms with Crippen LogP contribution in [0.1, 0.15) is 22.8 Å². The quantitative estimate of drug-likeness (QED) is 0.337. The molecule has 3 aromatic rings. The molecule has 0 unspecified atom stereocenters. The van der Waals surface area contributed by atoms with E-state index in [2.05, 4.69) is 4.99 Å². The van der Waals surface area contributed by atoms with Crippen LogP contribution in [-0.4, -0.2) is 28.6 Å². The van der Waals surface area contributed by atoms with Crippen molar-refractivity contribution in [3.63, 3.8) is 0 Å². The smallest absolute Gasteiger partial charge is 0.279 e. The van der Waals surface area contributed by atoms with Gasteiger partial charge in [0.2, 0.25) is 0 Å². The zero-order valence-corrected chi connectivity index (χ0v) is 16.9. The van der Waals surface area contributed by atoms with Gasteiger partial charge < -0.3 is 9.30 Å². The summed E-state index contributed by atoms with van der Waals surface area (Å²) in [6, 6.07) is 9.83. The molecule has 0 radical (unpaired) electrons. The van der Waals surface area contributed by atoms with Crippen molar-refractivity contribution in [2.75, 3.05) is 13.2 Å². The van der Waals surface area contributed by atoms with Gasteiger partial charge in [0.1, 0.15) is 0 Å². The Labute approximate surface area is 170 Å². The largest absolute Gasteiger partial charge is 0.380 e. The SMILES string of the molecule is CCOCCn1c(=NC(=O)c2ccc(C)c([N+](=O)[O-])c2)sc2cc(Cl)ccc21. The third-order valence-electron chi connectivity index (χ3n) is 4.16.